The zero-order chi connectivity index (χ0) is 19.5. The minimum absolute atomic E-state index is 0.00744. The Kier molecular flexibility index (Phi) is 11.1. The Morgan fingerprint density at radius 3 is 2.38 bits per heavy atom. The maximum absolute atomic E-state index is 11.6. The number of ether oxygens (including phenoxy) is 3. The van der Waals surface area contributed by atoms with Gasteiger partial charge < -0.3 is 14.2 Å². The molecule has 0 fully saturated rings. The van der Waals surface area contributed by atoms with Crippen LogP contribution in [0, 0.1) is 0 Å². The van der Waals surface area contributed by atoms with Crippen LogP contribution in [0.3, 0.4) is 0 Å². The van der Waals surface area contributed by atoms with Gasteiger partial charge in [-0.3, -0.25) is 9.59 Å². The van der Waals surface area contributed by atoms with Crippen LogP contribution in [0.5, 0.6) is 0 Å². The first kappa shape index (κ1) is 23.2. The highest BCUT2D eigenvalue weighted by Crippen LogP contribution is 2.27. The summed E-state index contributed by atoms with van der Waals surface area (Å²) < 4.78 is 17.1. The summed E-state index contributed by atoms with van der Waals surface area (Å²) in [6.45, 7) is 4.80. The Labute approximate surface area is 172 Å². The van der Waals surface area contributed by atoms with Crippen LogP contribution < -0.4 is 0 Å². The number of esters is 2. The molecule has 1 rings (SSSR count). The standard InChI is InChI=1S/C19H26Br2O5/c1-4-16(21)17-9-5-6-10-18(26-17)19(25-14(3)23)12-15(8-7-11-20)24-13(2)22/h5-6,8,11,15-19H,4,9-10,12H2,1-3H3/t7?,15-,16+,17-,18+,19+/m1/s1. The maximum Gasteiger partial charge on any atom is 0.303 e. The number of alkyl halides is 1. The molecule has 0 radical (unpaired) electrons. The topological polar surface area (TPSA) is 61.8 Å². The van der Waals surface area contributed by atoms with Gasteiger partial charge in [0.25, 0.3) is 0 Å². The molecule has 5 nitrogen and oxygen atoms in total. The van der Waals surface area contributed by atoms with Crippen LogP contribution in [0.25, 0.3) is 0 Å². The minimum Gasteiger partial charge on any atom is -0.460 e. The third kappa shape index (κ3) is 8.67. The number of carbonyl (C=O) groups excluding carboxylic acids is 2. The van der Waals surface area contributed by atoms with Crippen molar-refractivity contribution in [3.8, 4) is 0 Å². The van der Waals surface area contributed by atoms with E-state index in [2.05, 4.69) is 50.6 Å². The van der Waals surface area contributed by atoms with Gasteiger partial charge in [0.1, 0.15) is 12.2 Å². The van der Waals surface area contributed by atoms with Crippen LogP contribution in [0.4, 0.5) is 0 Å². The fourth-order valence-electron chi connectivity index (χ4n) is 2.76. The first-order valence-electron chi connectivity index (χ1n) is 8.67. The Hall–Kier alpha value is -0.880. The van der Waals surface area contributed by atoms with E-state index >= 15 is 0 Å². The predicted octanol–water partition coefficient (Wildman–Crippen LogP) is 4.58. The zero-order valence-electron chi connectivity index (χ0n) is 15.3. The Bertz CT molecular complexity index is 554. The van der Waals surface area contributed by atoms with Gasteiger partial charge in [0, 0.05) is 30.1 Å². The van der Waals surface area contributed by atoms with Crippen molar-refractivity contribution < 1.29 is 23.8 Å². The molecular formula is C19H26Br2O5. The molecular weight excluding hydrogens is 468 g/mol. The lowest BCUT2D eigenvalue weighted by Gasteiger charge is -2.31. The molecule has 1 aliphatic heterocycles. The van der Waals surface area contributed by atoms with Crippen LogP contribution in [0.15, 0.2) is 28.9 Å². The molecule has 0 aromatic carbocycles. The third-order valence-electron chi connectivity index (χ3n) is 3.91. The molecule has 1 aliphatic rings. The SMILES string of the molecule is CC[C@H](Br)[C@H]1CC=CC[C@@H]([C@H](C[C@@H](C=C=CBr)OC(C)=O)OC(C)=O)O1. The predicted molar refractivity (Wildman–Crippen MR) is 107 cm³/mol. The highest BCUT2D eigenvalue weighted by atomic mass is 79.9. The summed E-state index contributed by atoms with van der Waals surface area (Å²) in [5.41, 5.74) is 2.85. The van der Waals surface area contributed by atoms with E-state index in [9.17, 15) is 9.59 Å². The molecule has 0 bridgehead atoms. The van der Waals surface area contributed by atoms with Gasteiger partial charge in [-0.1, -0.05) is 50.9 Å². The van der Waals surface area contributed by atoms with Gasteiger partial charge in [-0.15, -0.1) is 5.73 Å². The van der Waals surface area contributed by atoms with Crippen LogP contribution in [-0.2, 0) is 23.8 Å². The minimum atomic E-state index is -0.564. The summed E-state index contributed by atoms with van der Waals surface area (Å²) in [7, 11) is 0. The molecule has 0 spiro atoms. The van der Waals surface area contributed by atoms with Crippen LogP contribution >= 0.6 is 31.9 Å². The van der Waals surface area contributed by atoms with Crippen LogP contribution in [0.1, 0.15) is 46.5 Å². The summed E-state index contributed by atoms with van der Waals surface area (Å²) in [5.74, 6) is -0.800. The maximum atomic E-state index is 11.6. The van der Waals surface area contributed by atoms with Crippen molar-refractivity contribution in [2.45, 2.75) is 75.7 Å². The Morgan fingerprint density at radius 1 is 1.23 bits per heavy atom. The first-order valence-corrected chi connectivity index (χ1v) is 10.5. The Morgan fingerprint density at radius 2 is 1.85 bits per heavy atom. The van der Waals surface area contributed by atoms with Crippen molar-refractivity contribution in [2.75, 3.05) is 0 Å². The average molecular weight is 494 g/mol. The van der Waals surface area contributed by atoms with Crippen LogP contribution in [-0.4, -0.2) is 41.2 Å². The number of hydrogen-bond acceptors (Lipinski definition) is 5. The molecule has 1 heterocycles. The van der Waals surface area contributed by atoms with Gasteiger partial charge in [-0.05, 0) is 25.3 Å². The highest BCUT2D eigenvalue weighted by Gasteiger charge is 2.32. The first-order chi connectivity index (χ1) is 12.4. The molecule has 0 unspecified atom stereocenters. The molecule has 0 aromatic rings. The van der Waals surface area contributed by atoms with E-state index in [1.54, 1.807) is 11.1 Å². The lowest BCUT2D eigenvalue weighted by Crippen LogP contribution is -2.39. The second kappa shape index (κ2) is 12.5. The molecule has 0 aliphatic carbocycles. The summed E-state index contributed by atoms with van der Waals surface area (Å²) in [6, 6.07) is 0. The lowest BCUT2D eigenvalue weighted by atomic mass is 10.0. The normalized spacial score (nSPS) is 23.0. The molecule has 5 atom stereocenters. The molecule has 0 aromatic heterocycles. The molecule has 0 saturated heterocycles. The van der Waals surface area contributed by atoms with Gasteiger partial charge in [0.2, 0.25) is 0 Å². The van der Waals surface area contributed by atoms with Crippen LogP contribution in [0.2, 0.25) is 0 Å². The van der Waals surface area contributed by atoms with E-state index in [1.165, 1.54) is 13.8 Å². The number of carbonyl (C=O) groups is 2. The van der Waals surface area contributed by atoms with Gasteiger partial charge in [0.05, 0.1) is 12.2 Å². The highest BCUT2D eigenvalue weighted by molar-refractivity contribution is 9.11. The van der Waals surface area contributed by atoms with Crippen molar-refractivity contribution >= 4 is 43.8 Å². The molecule has 0 N–H and O–H groups in total. The van der Waals surface area contributed by atoms with Gasteiger partial charge in [-0.2, -0.15) is 0 Å². The average Bonchev–Trinajstić information content (AvgIpc) is 2.83. The number of rotatable bonds is 8. The van der Waals surface area contributed by atoms with Crippen molar-refractivity contribution in [1.29, 1.82) is 0 Å². The van der Waals surface area contributed by atoms with E-state index < -0.39 is 24.1 Å². The van der Waals surface area contributed by atoms with E-state index in [-0.39, 0.29) is 17.0 Å². The number of halogens is 2. The zero-order valence-corrected chi connectivity index (χ0v) is 18.5. The summed E-state index contributed by atoms with van der Waals surface area (Å²) in [6.07, 6.45) is 7.00. The largest absolute Gasteiger partial charge is 0.460 e. The second-order valence-corrected chi connectivity index (χ2v) is 7.69. The molecule has 0 amide bonds. The molecule has 7 heteroatoms. The van der Waals surface area contributed by atoms with Crippen molar-refractivity contribution in [3.63, 3.8) is 0 Å². The van der Waals surface area contributed by atoms with Crippen molar-refractivity contribution in [3.05, 3.63) is 28.9 Å². The van der Waals surface area contributed by atoms with Gasteiger partial charge >= 0.3 is 11.9 Å². The van der Waals surface area contributed by atoms with E-state index in [4.69, 9.17) is 14.2 Å². The number of hydrogen-bond donors (Lipinski definition) is 0. The molecule has 146 valence electrons. The monoisotopic (exact) mass is 492 g/mol. The van der Waals surface area contributed by atoms with Gasteiger partial charge in [-0.25, -0.2) is 0 Å². The van der Waals surface area contributed by atoms with Gasteiger partial charge in [0.15, 0.2) is 0 Å². The van der Waals surface area contributed by atoms with E-state index in [0.717, 1.165) is 12.8 Å². The summed E-state index contributed by atoms with van der Waals surface area (Å²) >= 11 is 6.79. The summed E-state index contributed by atoms with van der Waals surface area (Å²) in [5, 5.41) is 0. The van der Waals surface area contributed by atoms with E-state index in [1.807, 2.05) is 6.08 Å². The molecule has 26 heavy (non-hydrogen) atoms. The summed E-state index contributed by atoms with van der Waals surface area (Å²) in [4.78, 5) is 24.8. The smallest absolute Gasteiger partial charge is 0.303 e. The van der Waals surface area contributed by atoms with Crippen molar-refractivity contribution in [2.24, 2.45) is 0 Å². The quantitative estimate of drug-likeness (QED) is 0.214. The fourth-order valence-corrected chi connectivity index (χ4v) is 3.25. The van der Waals surface area contributed by atoms with E-state index in [0.29, 0.717) is 12.8 Å². The second-order valence-electron chi connectivity index (χ2n) is 6.05. The molecule has 0 saturated carbocycles. The lowest BCUT2D eigenvalue weighted by molar-refractivity contribution is -0.163. The Balaban J connectivity index is 2.98. The third-order valence-corrected chi connectivity index (χ3v) is 5.41. The van der Waals surface area contributed by atoms with Crippen molar-refractivity contribution in [1.82, 2.24) is 0 Å². The fraction of sp³-hybridized carbons (Fsp3) is 0.632.